The van der Waals surface area contributed by atoms with Gasteiger partial charge in [-0.1, -0.05) is 41.9 Å². The first-order chi connectivity index (χ1) is 12.7. The molecule has 0 aliphatic heterocycles. The summed E-state index contributed by atoms with van der Waals surface area (Å²) in [6, 6.07) is 20.0. The van der Waals surface area contributed by atoms with E-state index in [-0.39, 0.29) is 5.76 Å². The van der Waals surface area contributed by atoms with Crippen molar-refractivity contribution in [3.63, 3.8) is 0 Å². The van der Waals surface area contributed by atoms with Gasteiger partial charge in [0.2, 0.25) is 0 Å². The third kappa shape index (κ3) is 3.38. The standard InChI is InChI=1S/C20H13ClN2O3/c21-15-6-3-5-13(10-15)18-9-8-16(25-18)12-22-23-20(24)19-11-14-4-1-2-7-17(14)26-19/h1-12H,(H,23,24)/b22-12+. The van der Waals surface area contributed by atoms with Crippen LogP contribution < -0.4 is 5.43 Å². The van der Waals surface area contributed by atoms with E-state index in [0.29, 0.717) is 22.1 Å². The van der Waals surface area contributed by atoms with Gasteiger partial charge in [0, 0.05) is 16.0 Å². The van der Waals surface area contributed by atoms with Crippen LogP contribution in [0.3, 0.4) is 0 Å². The molecule has 2 aromatic carbocycles. The van der Waals surface area contributed by atoms with Crippen LogP contribution in [0.25, 0.3) is 22.3 Å². The minimum atomic E-state index is -0.431. The number of para-hydroxylation sites is 1. The summed E-state index contributed by atoms with van der Waals surface area (Å²) in [5.41, 5.74) is 3.94. The van der Waals surface area contributed by atoms with Gasteiger partial charge in [-0.3, -0.25) is 4.79 Å². The molecule has 2 aromatic heterocycles. The number of nitrogens with one attached hydrogen (secondary N) is 1. The van der Waals surface area contributed by atoms with Crippen molar-refractivity contribution in [1.29, 1.82) is 0 Å². The van der Waals surface area contributed by atoms with E-state index < -0.39 is 5.91 Å². The molecule has 0 radical (unpaired) electrons. The van der Waals surface area contributed by atoms with Crippen molar-refractivity contribution in [2.45, 2.75) is 0 Å². The van der Waals surface area contributed by atoms with Gasteiger partial charge in [-0.15, -0.1) is 0 Å². The van der Waals surface area contributed by atoms with Gasteiger partial charge in [0.1, 0.15) is 17.1 Å². The minimum absolute atomic E-state index is 0.197. The summed E-state index contributed by atoms with van der Waals surface area (Å²) < 4.78 is 11.2. The highest BCUT2D eigenvalue weighted by molar-refractivity contribution is 6.30. The summed E-state index contributed by atoms with van der Waals surface area (Å²) in [5.74, 6) is 0.934. The monoisotopic (exact) mass is 364 g/mol. The van der Waals surface area contributed by atoms with Gasteiger partial charge in [-0.25, -0.2) is 5.43 Å². The number of carbonyl (C=O) groups excluding carboxylic acids is 1. The molecule has 6 heteroatoms. The van der Waals surface area contributed by atoms with Gasteiger partial charge in [0.25, 0.3) is 0 Å². The molecule has 0 aliphatic carbocycles. The molecule has 0 saturated carbocycles. The SMILES string of the molecule is O=C(N/N=C/c1ccc(-c2cccc(Cl)c2)o1)c1cc2ccccc2o1. The fraction of sp³-hybridized carbons (Fsp3) is 0. The topological polar surface area (TPSA) is 67.7 Å². The minimum Gasteiger partial charge on any atom is -0.455 e. The van der Waals surface area contributed by atoms with Crippen LogP contribution in [0.2, 0.25) is 5.02 Å². The number of amides is 1. The van der Waals surface area contributed by atoms with E-state index in [0.717, 1.165) is 10.9 Å². The first-order valence-electron chi connectivity index (χ1n) is 7.87. The van der Waals surface area contributed by atoms with Crippen LogP contribution in [0.5, 0.6) is 0 Å². The zero-order valence-electron chi connectivity index (χ0n) is 13.5. The first kappa shape index (κ1) is 16.2. The number of fused-ring (bicyclic) bond motifs is 1. The summed E-state index contributed by atoms with van der Waals surface area (Å²) in [6.07, 6.45) is 1.43. The maximum atomic E-state index is 12.1. The zero-order valence-corrected chi connectivity index (χ0v) is 14.2. The highest BCUT2D eigenvalue weighted by Gasteiger charge is 2.11. The van der Waals surface area contributed by atoms with E-state index in [4.69, 9.17) is 20.4 Å². The Morgan fingerprint density at radius 3 is 2.73 bits per heavy atom. The predicted molar refractivity (Wildman–Crippen MR) is 100 cm³/mol. The van der Waals surface area contributed by atoms with Crippen molar-refractivity contribution in [2.75, 3.05) is 0 Å². The Hall–Kier alpha value is -3.31. The third-order valence-corrected chi connectivity index (χ3v) is 3.98. The molecule has 0 spiro atoms. The van der Waals surface area contributed by atoms with E-state index in [1.54, 1.807) is 24.3 Å². The number of halogens is 1. The Morgan fingerprint density at radius 1 is 1.00 bits per heavy atom. The molecule has 1 amide bonds. The molecule has 0 fully saturated rings. The molecule has 5 nitrogen and oxygen atoms in total. The number of nitrogens with zero attached hydrogens (tertiary/aromatic N) is 1. The molecule has 0 unspecified atom stereocenters. The zero-order chi connectivity index (χ0) is 17.9. The summed E-state index contributed by atoms with van der Waals surface area (Å²) in [5, 5.41) is 5.40. The Bertz CT molecular complexity index is 1080. The number of hydrazone groups is 1. The number of hydrogen-bond acceptors (Lipinski definition) is 4. The average molecular weight is 365 g/mol. The fourth-order valence-electron chi connectivity index (χ4n) is 2.52. The highest BCUT2D eigenvalue weighted by Crippen LogP contribution is 2.24. The quantitative estimate of drug-likeness (QED) is 0.404. The number of furan rings is 2. The maximum absolute atomic E-state index is 12.1. The molecule has 0 saturated heterocycles. The Balaban J connectivity index is 1.44. The van der Waals surface area contributed by atoms with Crippen molar-refractivity contribution in [3.05, 3.63) is 83.3 Å². The fourth-order valence-corrected chi connectivity index (χ4v) is 2.71. The summed E-state index contributed by atoms with van der Waals surface area (Å²) >= 11 is 5.98. The molecule has 2 heterocycles. The molecule has 26 heavy (non-hydrogen) atoms. The summed E-state index contributed by atoms with van der Waals surface area (Å²) in [6.45, 7) is 0. The van der Waals surface area contributed by atoms with Crippen LogP contribution in [0.4, 0.5) is 0 Å². The molecular weight excluding hydrogens is 352 g/mol. The Morgan fingerprint density at radius 2 is 1.88 bits per heavy atom. The number of hydrogen-bond donors (Lipinski definition) is 1. The van der Waals surface area contributed by atoms with Gasteiger partial charge in [0.05, 0.1) is 6.21 Å². The Kier molecular flexibility index (Phi) is 4.29. The second-order valence-electron chi connectivity index (χ2n) is 5.56. The molecule has 4 rings (SSSR count). The van der Waals surface area contributed by atoms with Gasteiger partial charge >= 0.3 is 5.91 Å². The molecule has 0 atom stereocenters. The lowest BCUT2D eigenvalue weighted by Crippen LogP contribution is -2.16. The lowest BCUT2D eigenvalue weighted by atomic mass is 10.2. The molecule has 0 aliphatic rings. The van der Waals surface area contributed by atoms with Gasteiger partial charge in [-0.2, -0.15) is 5.10 Å². The second kappa shape index (κ2) is 6.90. The van der Waals surface area contributed by atoms with Crippen molar-refractivity contribution in [3.8, 4) is 11.3 Å². The second-order valence-corrected chi connectivity index (χ2v) is 6.00. The smallest absolute Gasteiger partial charge is 0.307 e. The maximum Gasteiger partial charge on any atom is 0.307 e. The van der Waals surface area contributed by atoms with Gasteiger partial charge in [0.15, 0.2) is 5.76 Å². The van der Waals surface area contributed by atoms with E-state index in [1.807, 2.05) is 42.5 Å². The van der Waals surface area contributed by atoms with Crippen LogP contribution in [0.1, 0.15) is 16.3 Å². The number of carbonyl (C=O) groups is 1. The number of benzene rings is 2. The van der Waals surface area contributed by atoms with E-state index in [2.05, 4.69) is 10.5 Å². The Labute approximate surface area is 153 Å². The molecule has 1 N–H and O–H groups in total. The highest BCUT2D eigenvalue weighted by atomic mass is 35.5. The molecule has 128 valence electrons. The van der Waals surface area contributed by atoms with Gasteiger partial charge < -0.3 is 8.83 Å². The van der Waals surface area contributed by atoms with Crippen molar-refractivity contribution in [2.24, 2.45) is 5.10 Å². The van der Waals surface area contributed by atoms with E-state index in [1.165, 1.54) is 6.21 Å². The largest absolute Gasteiger partial charge is 0.455 e. The predicted octanol–water partition coefficient (Wildman–Crippen LogP) is 5.11. The van der Waals surface area contributed by atoms with Crippen LogP contribution in [0.15, 0.2) is 80.7 Å². The van der Waals surface area contributed by atoms with Gasteiger partial charge in [-0.05, 0) is 36.4 Å². The van der Waals surface area contributed by atoms with Crippen LogP contribution in [0, 0.1) is 0 Å². The molecule has 4 aromatic rings. The van der Waals surface area contributed by atoms with Crippen molar-refractivity contribution < 1.29 is 13.6 Å². The lowest BCUT2D eigenvalue weighted by Gasteiger charge is -1.97. The van der Waals surface area contributed by atoms with E-state index >= 15 is 0 Å². The first-order valence-corrected chi connectivity index (χ1v) is 8.24. The van der Waals surface area contributed by atoms with Crippen molar-refractivity contribution in [1.82, 2.24) is 5.43 Å². The van der Waals surface area contributed by atoms with Crippen LogP contribution >= 0.6 is 11.6 Å². The van der Waals surface area contributed by atoms with Crippen LogP contribution in [-0.2, 0) is 0 Å². The summed E-state index contributed by atoms with van der Waals surface area (Å²) in [7, 11) is 0. The van der Waals surface area contributed by atoms with Crippen LogP contribution in [-0.4, -0.2) is 12.1 Å². The van der Waals surface area contributed by atoms with Crippen molar-refractivity contribution >= 4 is 34.7 Å². The number of rotatable bonds is 4. The average Bonchev–Trinajstić information content (AvgIpc) is 3.28. The lowest BCUT2D eigenvalue weighted by molar-refractivity contribution is 0.0929. The molecular formula is C20H13ClN2O3. The van der Waals surface area contributed by atoms with E-state index in [9.17, 15) is 4.79 Å². The normalized spacial score (nSPS) is 11.3. The molecule has 0 bridgehead atoms. The third-order valence-electron chi connectivity index (χ3n) is 3.74. The summed E-state index contributed by atoms with van der Waals surface area (Å²) in [4.78, 5) is 12.1.